The molecule has 1 amide bonds. The molecule has 0 N–H and O–H groups in total. The van der Waals surface area contributed by atoms with Gasteiger partial charge in [0.1, 0.15) is 5.75 Å². The molecule has 3 rings (SSSR count). The Labute approximate surface area is 168 Å². The Hall–Kier alpha value is -1.86. The first-order chi connectivity index (χ1) is 13.1. The highest BCUT2D eigenvalue weighted by atomic mass is 28.4. The zero-order valence-electron chi connectivity index (χ0n) is 17.7. The molecular weight excluding hydrogens is 374 g/mol. The summed E-state index contributed by atoms with van der Waals surface area (Å²) < 4.78 is 17.1. The maximum absolute atomic E-state index is 13.5. The van der Waals surface area contributed by atoms with Crippen LogP contribution in [0, 0.1) is 5.92 Å². The lowest BCUT2D eigenvalue weighted by Gasteiger charge is -2.51. The van der Waals surface area contributed by atoms with Crippen LogP contribution in [0.5, 0.6) is 5.75 Å². The third-order valence-corrected chi connectivity index (χ3v) is 9.04. The van der Waals surface area contributed by atoms with Gasteiger partial charge in [-0.3, -0.25) is 4.79 Å². The predicted molar refractivity (Wildman–Crippen MR) is 108 cm³/mol. The molecule has 2 aliphatic rings. The summed E-state index contributed by atoms with van der Waals surface area (Å²) in [5.74, 6) is 0.0110. The van der Waals surface area contributed by atoms with Crippen LogP contribution >= 0.6 is 0 Å². The van der Waals surface area contributed by atoms with E-state index in [0.717, 1.165) is 23.8 Å². The summed E-state index contributed by atoms with van der Waals surface area (Å²) >= 11 is 0. The Morgan fingerprint density at radius 2 is 1.93 bits per heavy atom. The second-order valence-corrected chi connectivity index (χ2v) is 12.8. The van der Waals surface area contributed by atoms with Gasteiger partial charge < -0.3 is 18.8 Å². The number of fused-ring (bicyclic) bond motifs is 1. The number of ether oxygens (including phenoxy) is 2. The van der Waals surface area contributed by atoms with Crippen molar-refractivity contribution in [1.82, 2.24) is 4.90 Å². The van der Waals surface area contributed by atoms with E-state index < -0.39 is 25.4 Å². The third kappa shape index (κ3) is 2.95. The van der Waals surface area contributed by atoms with Gasteiger partial charge in [-0.1, -0.05) is 19.1 Å². The number of hydrogen-bond donors (Lipinski definition) is 0. The molecule has 0 unspecified atom stereocenters. The van der Waals surface area contributed by atoms with Crippen molar-refractivity contribution in [3.63, 3.8) is 0 Å². The monoisotopic (exact) mass is 405 g/mol. The van der Waals surface area contributed by atoms with Gasteiger partial charge in [0.25, 0.3) is 0 Å². The average Bonchev–Trinajstić information content (AvgIpc) is 2.84. The number of benzene rings is 1. The molecule has 0 aromatic heterocycles. The lowest BCUT2D eigenvalue weighted by molar-refractivity contribution is -0.170. The van der Waals surface area contributed by atoms with Crippen molar-refractivity contribution < 1.29 is 23.5 Å². The van der Waals surface area contributed by atoms with E-state index in [1.807, 2.05) is 38.1 Å². The molecule has 1 aromatic rings. The molecule has 2 saturated heterocycles. The molecule has 3 atom stereocenters. The SMILES string of the molecule is CC[C@@]1(C(=O)OC)N(Cc2ccc(OC)cc2)C(=O)[C@@H]2CC[Si](C)(C)O[C@@]21C. The van der Waals surface area contributed by atoms with E-state index in [9.17, 15) is 9.59 Å². The molecule has 0 bridgehead atoms. The number of carbonyl (C=O) groups excluding carboxylic acids is 2. The third-order valence-electron chi connectivity index (χ3n) is 6.57. The number of nitrogens with zero attached hydrogens (tertiary/aromatic N) is 1. The van der Waals surface area contributed by atoms with Crippen LogP contribution in [-0.4, -0.2) is 50.5 Å². The van der Waals surface area contributed by atoms with E-state index in [2.05, 4.69) is 13.1 Å². The topological polar surface area (TPSA) is 65.1 Å². The maximum atomic E-state index is 13.5. The molecule has 2 fully saturated rings. The molecule has 0 aliphatic carbocycles. The van der Waals surface area contributed by atoms with E-state index >= 15 is 0 Å². The van der Waals surface area contributed by atoms with E-state index in [4.69, 9.17) is 13.9 Å². The number of carbonyl (C=O) groups is 2. The van der Waals surface area contributed by atoms with E-state index in [1.54, 1.807) is 12.0 Å². The highest BCUT2D eigenvalue weighted by Crippen LogP contribution is 2.54. The summed E-state index contributed by atoms with van der Waals surface area (Å²) in [5.41, 5.74) is -1.07. The van der Waals surface area contributed by atoms with Gasteiger partial charge in [0.2, 0.25) is 5.91 Å². The summed E-state index contributed by atoms with van der Waals surface area (Å²) in [6, 6.07) is 8.49. The number of amides is 1. The molecule has 0 spiro atoms. The second-order valence-electron chi connectivity index (χ2n) is 8.54. The number of esters is 1. The van der Waals surface area contributed by atoms with Crippen LogP contribution in [0.4, 0.5) is 0 Å². The van der Waals surface area contributed by atoms with Gasteiger partial charge in [0.05, 0.1) is 25.7 Å². The van der Waals surface area contributed by atoms with Gasteiger partial charge in [-0.25, -0.2) is 4.79 Å². The van der Waals surface area contributed by atoms with Crippen molar-refractivity contribution in [2.75, 3.05) is 14.2 Å². The van der Waals surface area contributed by atoms with Crippen molar-refractivity contribution in [2.24, 2.45) is 5.92 Å². The van der Waals surface area contributed by atoms with Crippen LogP contribution < -0.4 is 4.74 Å². The highest BCUT2D eigenvalue weighted by molar-refractivity contribution is 6.71. The summed E-state index contributed by atoms with van der Waals surface area (Å²) in [5, 5.41) is 0. The van der Waals surface area contributed by atoms with Crippen LogP contribution in [0.25, 0.3) is 0 Å². The normalized spacial score (nSPS) is 31.4. The van der Waals surface area contributed by atoms with Gasteiger partial charge in [0, 0.05) is 6.54 Å². The Balaban J connectivity index is 2.08. The Morgan fingerprint density at radius 3 is 2.46 bits per heavy atom. The minimum Gasteiger partial charge on any atom is -0.497 e. The summed E-state index contributed by atoms with van der Waals surface area (Å²) in [6.45, 7) is 8.53. The number of likely N-dealkylation sites (tertiary alicyclic amines) is 1. The fraction of sp³-hybridized carbons (Fsp3) is 0.619. The minimum atomic E-state index is -1.98. The average molecular weight is 406 g/mol. The first-order valence-corrected chi connectivity index (χ1v) is 13.0. The van der Waals surface area contributed by atoms with Crippen LogP contribution in [0.15, 0.2) is 24.3 Å². The molecule has 28 heavy (non-hydrogen) atoms. The fourth-order valence-electron chi connectivity index (χ4n) is 5.13. The molecule has 0 saturated carbocycles. The number of rotatable bonds is 5. The van der Waals surface area contributed by atoms with Crippen LogP contribution in [0.2, 0.25) is 19.1 Å². The van der Waals surface area contributed by atoms with Crippen molar-refractivity contribution in [1.29, 1.82) is 0 Å². The van der Waals surface area contributed by atoms with Crippen molar-refractivity contribution in [3.8, 4) is 5.75 Å². The van der Waals surface area contributed by atoms with E-state index in [-0.39, 0.29) is 11.8 Å². The predicted octanol–water partition coefficient (Wildman–Crippen LogP) is 3.36. The minimum absolute atomic E-state index is 0.0185. The summed E-state index contributed by atoms with van der Waals surface area (Å²) in [4.78, 5) is 28.4. The van der Waals surface area contributed by atoms with Crippen molar-refractivity contribution in [2.45, 2.75) is 63.5 Å². The van der Waals surface area contributed by atoms with E-state index in [0.29, 0.717) is 13.0 Å². The number of hydrogen-bond acceptors (Lipinski definition) is 5. The standard InChI is InChI=1S/C21H31NO5Si/c1-7-21(19(24)26-4)20(2)17(12-13-28(5,6)27-20)18(23)22(21)14-15-8-10-16(25-3)11-9-15/h8-11,17H,7,12-14H2,1-6H3/t17-,20-,21-/m0/s1. The molecule has 2 heterocycles. The first kappa shape index (κ1) is 20.9. The molecule has 6 nitrogen and oxygen atoms in total. The summed E-state index contributed by atoms with van der Waals surface area (Å²) in [6.07, 6.45) is 1.20. The van der Waals surface area contributed by atoms with Gasteiger partial charge in [0.15, 0.2) is 13.9 Å². The van der Waals surface area contributed by atoms with Gasteiger partial charge in [-0.05, 0) is 56.6 Å². The van der Waals surface area contributed by atoms with Crippen LogP contribution in [-0.2, 0) is 25.3 Å². The van der Waals surface area contributed by atoms with Crippen molar-refractivity contribution in [3.05, 3.63) is 29.8 Å². The molecular formula is C21H31NO5Si. The second kappa shape index (κ2) is 7.19. The number of methoxy groups -OCH3 is 2. The lowest BCUT2D eigenvalue weighted by atomic mass is 9.73. The quantitative estimate of drug-likeness (QED) is 0.555. The van der Waals surface area contributed by atoms with Crippen LogP contribution in [0.1, 0.15) is 32.3 Å². The Bertz CT molecular complexity index is 765. The largest absolute Gasteiger partial charge is 0.497 e. The summed E-state index contributed by atoms with van der Waals surface area (Å²) in [7, 11) is 1.03. The van der Waals surface area contributed by atoms with Gasteiger partial charge in [-0.15, -0.1) is 0 Å². The van der Waals surface area contributed by atoms with Gasteiger partial charge in [-0.2, -0.15) is 0 Å². The lowest BCUT2D eigenvalue weighted by Crippen LogP contribution is -2.67. The molecule has 2 aliphatic heterocycles. The van der Waals surface area contributed by atoms with Gasteiger partial charge >= 0.3 is 5.97 Å². The van der Waals surface area contributed by atoms with Crippen molar-refractivity contribution >= 4 is 20.2 Å². The molecule has 7 heteroatoms. The Morgan fingerprint density at radius 1 is 1.29 bits per heavy atom. The smallest absolute Gasteiger partial charge is 0.334 e. The molecule has 1 aromatic carbocycles. The first-order valence-electron chi connectivity index (χ1n) is 9.88. The van der Waals surface area contributed by atoms with E-state index in [1.165, 1.54) is 7.11 Å². The Kier molecular flexibility index (Phi) is 5.36. The van der Waals surface area contributed by atoms with Crippen LogP contribution in [0.3, 0.4) is 0 Å². The molecule has 0 radical (unpaired) electrons. The molecule has 154 valence electrons. The zero-order valence-corrected chi connectivity index (χ0v) is 18.7. The zero-order chi connectivity index (χ0) is 20.7. The maximum Gasteiger partial charge on any atom is 0.334 e. The fourth-order valence-corrected chi connectivity index (χ4v) is 7.68. The highest BCUT2D eigenvalue weighted by Gasteiger charge is 2.72.